The van der Waals surface area contributed by atoms with E-state index in [0.717, 1.165) is 17.2 Å². The van der Waals surface area contributed by atoms with Gasteiger partial charge < -0.3 is 10.1 Å². The van der Waals surface area contributed by atoms with Crippen LogP contribution in [0.3, 0.4) is 0 Å². The quantitative estimate of drug-likeness (QED) is 0.499. The molecule has 0 bridgehead atoms. The lowest BCUT2D eigenvalue weighted by molar-refractivity contribution is -0.384. The van der Waals surface area contributed by atoms with Crippen LogP contribution in [0.5, 0.6) is 0 Å². The fraction of sp³-hybridized carbons (Fsp3) is 0.176. The van der Waals surface area contributed by atoms with Crippen molar-refractivity contribution in [2.45, 2.75) is 13.5 Å². The zero-order valence-corrected chi connectivity index (χ0v) is 13.0. The Bertz CT molecular complexity index is 756. The average molecular weight is 328 g/mol. The lowest BCUT2D eigenvalue weighted by atomic mass is 10.2. The van der Waals surface area contributed by atoms with E-state index < -0.39 is 16.8 Å². The maximum absolute atomic E-state index is 11.9. The number of rotatable bonds is 6. The third-order valence-electron chi connectivity index (χ3n) is 3.23. The first-order chi connectivity index (χ1) is 11.5. The maximum Gasteiger partial charge on any atom is 0.325 e. The number of benzene rings is 2. The van der Waals surface area contributed by atoms with Crippen LogP contribution in [0.1, 0.15) is 21.5 Å². The zero-order chi connectivity index (χ0) is 17.5. The van der Waals surface area contributed by atoms with Crippen LogP contribution in [-0.2, 0) is 16.1 Å². The molecule has 0 aliphatic carbocycles. The number of non-ortho nitro benzene ring substituents is 1. The molecule has 0 radical (unpaired) electrons. The fourth-order valence-corrected chi connectivity index (χ4v) is 1.91. The average Bonchev–Trinajstić information content (AvgIpc) is 2.59. The van der Waals surface area contributed by atoms with Crippen molar-refractivity contribution >= 4 is 17.6 Å². The van der Waals surface area contributed by atoms with Gasteiger partial charge in [0.1, 0.15) is 13.2 Å². The summed E-state index contributed by atoms with van der Waals surface area (Å²) in [6.07, 6.45) is 0. The van der Waals surface area contributed by atoms with E-state index in [1.165, 1.54) is 18.2 Å². The van der Waals surface area contributed by atoms with Crippen molar-refractivity contribution in [1.29, 1.82) is 0 Å². The highest BCUT2D eigenvalue weighted by molar-refractivity contribution is 5.96. The number of amides is 1. The smallest absolute Gasteiger partial charge is 0.325 e. The van der Waals surface area contributed by atoms with Crippen molar-refractivity contribution in [2.75, 3.05) is 6.54 Å². The van der Waals surface area contributed by atoms with Gasteiger partial charge in [0.15, 0.2) is 0 Å². The van der Waals surface area contributed by atoms with Crippen molar-refractivity contribution in [1.82, 2.24) is 5.32 Å². The van der Waals surface area contributed by atoms with Gasteiger partial charge in [-0.05, 0) is 18.6 Å². The molecule has 0 fully saturated rings. The molecular formula is C17H16N2O5. The number of nitro benzene ring substituents is 1. The SMILES string of the molecule is Cc1ccc(COC(=O)CNC(=O)c2cccc([N+](=O)[O-])c2)cc1. The van der Waals surface area contributed by atoms with Crippen molar-refractivity contribution in [3.63, 3.8) is 0 Å². The largest absolute Gasteiger partial charge is 0.460 e. The first kappa shape index (κ1) is 17.1. The number of esters is 1. The minimum absolute atomic E-state index is 0.107. The second-order valence-electron chi connectivity index (χ2n) is 5.14. The van der Waals surface area contributed by atoms with E-state index >= 15 is 0 Å². The standard InChI is InChI=1S/C17H16N2O5/c1-12-5-7-13(8-6-12)11-24-16(20)10-18-17(21)14-3-2-4-15(9-14)19(22)23/h2-9H,10-11H2,1H3,(H,18,21). The number of nitrogens with zero attached hydrogens (tertiary/aromatic N) is 1. The van der Waals surface area contributed by atoms with Gasteiger partial charge in [-0.3, -0.25) is 19.7 Å². The summed E-state index contributed by atoms with van der Waals surface area (Å²) >= 11 is 0. The van der Waals surface area contributed by atoms with E-state index in [9.17, 15) is 19.7 Å². The van der Waals surface area contributed by atoms with Gasteiger partial charge in [0.05, 0.1) is 4.92 Å². The molecule has 7 heteroatoms. The van der Waals surface area contributed by atoms with E-state index in [0.29, 0.717) is 0 Å². The first-order valence-corrected chi connectivity index (χ1v) is 7.19. The number of aryl methyl sites for hydroxylation is 1. The molecule has 2 aromatic carbocycles. The van der Waals surface area contributed by atoms with Crippen molar-refractivity contribution < 1.29 is 19.2 Å². The molecular weight excluding hydrogens is 312 g/mol. The summed E-state index contributed by atoms with van der Waals surface area (Å²) in [5.41, 5.74) is 1.87. The topological polar surface area (TPSA) is 98.5 Å². The van der Waals surface area contributed by atoms with Gasteiger partial charge in [0, 0.05) is 17.7 Å². The number of hydrogen-bond donors (Lipinski definition) is 1. The fourth-order valence-electron chi connectivity index (χ4n) is 1.91. The maximum atomic E-state index is 11.9. The molecule has 0 saturated carbocycles. The Morgan fingerprint density at radius 1 is 1.17 bits per heavy atom. The molecule has 124 valence electrons. The predicted octanol–water partition coefficient (Wildman–Crippen LogP) is 2.38. The Morgan fingerprint density at radius 2 is 1.88 bits per heavy atom. The molecule has 1 N–H and O–H groups in total. The minimum atomic E-state index is -0.591. The monoisotopic (exact) mass is 328 g/mol. The Labute approximate surface area is 138 Å². The van der Waals surface area contributed by atoms with E-state index in [1.807, 2.05) is 31.2 Å². The second kappa shape index (κ2) is 7.87. The molecule has 0 atom stereocenters. The van der Waals surface area contributed by atoms with Crippen LogP contribution < -0.4 is 5.32 Å². The van der Waals surface area contributed by atoms with Crippen molar-refractivity contribution in [3.05, 3.63) is 75.3 Å². The summed E-state index contributed by atoms with van der Waals surface area (Å²) in [6.45, 7) is 1.76. The molecule has 0 aromatic heterocycles. The van der Waals surface area contributed by atoms with E-state index in [2.05, 4.69) is 5.32 Å². The lowest BCUT2D eigenvalue weighted by Gasteiger charge is -2.07. The molecule has 2 aromatic rings. The normalized spacial score (nSPS) is 10.0. The van der Waals surface area contributed by atoms with E-state index in [1.54, 1.807) is 0 Å². The number of nitro groups is 1. The number of nitrogens with one attached hydrogen (secondary N) is 1. The number of hydrogen-bond acceptors (Lipinski definition) is 5. The molecule has 0 spiro atoms. The molecule has 0 aliphatic heterocycles. The third kappa shape index (κ3) is 4.91. The van der Waals surface area contributed by atoms with Gasteiger partial charge in [-0.25, -0.2) is 0 Å². The molecule has 0 aliphatic rings. The van der Waals surface area contributed by atoms with Gasteiger partial charge in [-0.2, -0.15) is 0 Å². The number of ether oxygens (including phenoxy) is 1. The number of carbonyl (C=O) groups excluding carboxylic acids is 2. The van der Waals surface area contributed by atoms with Gasteiger partial charge in [0.25, 0.3) is 11.6 Å². The molecule has 7 nitrogen and oxygen atoms in total. The Balaban J connectivity index is 1.82. The van der Waals surface area contributed by atoms with Crippen molar-refractivity contribution in [2.24, 2.45) is 0 Å². The summed E-state index contributed by atoms with van der Waals surface area (Å²) in [4.78, 5) is 33.6. The van der Waals surface area contributed by atoms with Crippen LogP contribution in [0, 0.1) is 17.0 Å². The van der Waals surface area contributed by atoms with Crippen LogP contribution in [0.4, 0.5) is 5.69 Å². The summed E-state index contributed by atoms with van der Waals surface area (Å²) < 4.78 is 5.05. The highest BCUT2D eigenvalue weighted by Crippen LogP contribution is 2.12. The van der Waals surface area contributed by atoms with E-state index in [-0.39, 0.29) is 24.4 Å². The predicted molar refractivity (Wildman–Crippen MR) is 86.4 cm³/mol. The third-order valence-corrected chi connectivity index (χ3v) is 3.23. The van der Waals surface area contributed by atoms with Gasteiger partial charge in [-0.1, -0.05) is 35.9 Å². The summed E-state index contributed by atoms with van der Waals surface area (Å²) in [5, 5.41) is 13.1. The molecule has 0 heterocycles. The van der Waals surface area contributed by atoms with Crippen LogP contribution in [0.25, 0.3) is 0 Å². The summed E-state index contributed by atoms with van der Waals surface area (Å²) in [6, 6.07) is 12.8. The Kier molecular flexibility index (Phi) is 5.62. The first-order valence-electron chi connectivity index (χ1n) is 7.19. The summed E-state index contributed by atoms with van der Waals surface area (Å²) in [5.74, 6) is -1.17. The van der Waals surface area contributed by atoms with Crippen LogP contribution in [0.15, 0.2) is 48.5 Å². The van der Waals surface area contributed by atoms with E-state index in [4.69, 9.17) is 4.74 Å². The van der Waals surface area contributed by atoms with Gasteiger partial charge >= 0.3 is 5.97 Å². The molecule has 24 heavy (non-hydrogen) atoms. The molecule has 1 amide bonds. The minimum Gasteiger partial charge on any atom is -0.460 e. The number of carbonyl (C=O) groups is 2. The molecule has 0 unspecified atom stereocenters. The lowest BCUT2D eigenvalue weighted by Crippen LogP contribution is -2.30. The summed E-state index contributed by atoms with van der Waals surface area (Å²) in [7, 11) is 0. The van der Waals surface area contributed by atoms with Crippen molar-refractivity contribution in [3.8, 4) is 0 Å². The molecule has 0 saturated heterocycles. The van der Waals surface area contributed by atoms with Gasteiger partial charge in [0.2, 0.25) is 0 Å². The Hall–Kier alpha value is -3.22. The van der Waals surface area contributed by atoms with Crippen LogP contribution >= 0.6 is 0 Å². The van der Waals surface area contributed by atoms with Crippen LogP contribution in [0.2, 0.25) is 0 Å². The zero-order valence-electron chi connectivity index (χ0n) is 13.0. The Morgan fingerprint density at radius 3 is 2.54 bits per heavy atom. The highest BCUT2D eigenvalue weighted by atomic mass is 16.6. The van der Waals surface area contributed by atoms with Crippen LogP contribution in [-0.4, -0.2) is 23.3 Å². The highest BCUT2D eigenvalue weighted by Gasteiger charge is 2.13. The van der Waals surface area contributed by atoms with Gasteiger partial charge in [-0.15, -0.1) is 0 Å². The molecule has 2 rings (SSSR count). The second-order valence-corrected chi connectivity index (χ2v) is 5.14.